The topological polar surface area (TPSA) is 30.7 Å². The molecule has 0 fully saturated rings. The molecule has 1 heterocycles. The second-order valence-corrected chi connectivity index (χ2v) is 8.00. The molecule has 1 aromatic rings. The molecule has 1 rings (SSSR count). The van der Waals surface area contributed by atoms with Crippen LogP contribution in [0.5, 0.6) is 0 Å². The van der Waals surface area contributed by atoms with E-state index in [4.69, 9.17) is 0 Å². The third-order valence-electron chi connectivity index (χ3n) is 2.16. The molecular formula is C12H23N3S. The molecular weight excluding hydrogens is 218 g/mol. The molecule has 0 atom stereocenters. The minimum Gasteiger partial charge on any atom is -0.251 e. The molecule has 0 saturated carbocycles. The Hall–Kier alpha value is -0.510. The van der Waals surface area contributed by atoms with Gasteiger partial charge in [-0.05, 0) is 0 Å². The van der Waals surface area contributed by atoms with Crippen molar-refractivity contribution in [3.05, 3.63) is 11.9 Å². The molecule has 0 N–H and O–H groups in total. The van der Waals surface area contributed by atoms with Gasteiger partial charge in [-0.3, -0.25) is 4.68 Å². The molecule has 0 radical (unpaired) electrons. The van der Waals surface area contributed by atoms with E-state index >= 15 is 0 Å². The zero-order chi connectivity index (χ0) is 12.4. The molecule has 0 spiro atoms. The van der Waals surface area contributed by atoms with Crippen LogP contribution in [-0.2, 0) is 12.0 Å². The van der Waals surface area contributed by atoms with Gasteiger partial charge >= 0.3 is 0 Å². The number of rotatable bonds is 3. The summed E-state index contributed by atoms with van der Waals surface area (Å²) in [4.78, 5) is 0. The number of aryl methyl sites for hydroxylation is 1. The summed E-state index contributed by atoms with van der Waals surface area (Å²) in [6.07, 6.45) is 2.06. The van der Waals surface area contributed by atoms with Crippen molar-refractivity contribution in [2.24, 2.45) is 0 Å². The van der Waals surface area contributed by atoms with Crippen LogP contribution in [0.3, 0.4) is 0 Å². The maximum atomic E-state index is 4.21. The van der Waals surface area contributed by atoms with Crippen molar-refractivity contribution in [3.8, 4) is 0 Å². The highest BCUT2D eigenvalue weighted by Gasteiger charge is 2.17. The molecule has 1 aromatic heterocycles. The van der Waals surface area contributed by atoms with E-state index in [0.717, 1.165) is 18.0 Å². The lowest BCUT2D eigenvalue weighted by molar-refractivity contribution is 0.566. The summed E-state index contributed by atoms with van der Waals surface area (Å²) in [5.41, 5.74) is 1.16. The van der Waals surface area contributed by atoms with E-state index in [-0.39, 0.29) is 5.41 Å². The summed E-state index contributed by atoms with van der Waals surface area (Å²) in [7, 11) is 0. The van der Waals surface area contributed by atoms with Gasteiger partial charge in [0, 0.05) is 22.1 Å². The van der Waals surface area contributed by atoms with E-state index in [1.54, 1.807) is 0 Å². The van der Waals surface area contributed by atoms with Gasteiger partial charge in [0.2, 0.25) is 0 Å². The van der Waals surface area contributed by atoms with Crippen molar-refractivity contribution in [2.75, 3.05) is 5.75 Å². The van der Waals surface area contributed by atoms with Crippen LogP contribution in [0.2, 0.25) is 0 Å². The van der Waals surface area contributed by atoms with Crippen LogP contribution in [0.15, 0.2) is 6.20 Å². The fourth-order valence-electron chi connectivity index (χ4n) is 1.20. The molecule has 4 heteroatoms. The third kappa shape index (κ3) is 4.56. The summed E-state index contributed by atoms with van der Waals surface area (Å²) in [5, 5.41) is 8.36. The largest absolute Gasteiger partial charge is 0.251 e. The SMILES string of the molecule is CC(C)(C)SCCn1cc(C(C)(C)C)nn1. The van der Waals surface area contributed by atoms with E-state index < -0.39 is 0 Å². The van der Waals surface area contributed by atoms with Gasteiger partial charge in [0.1, 0.15) is 0 Å². The van der Waals surface area contributed by atoms with Crippen LogP contribution in [0.25, 0.3) is 0 Å². The van der Waals surface area contributed by atoms with Gasteiger partial charge in [-0.25, -0.2) is 0 Å². The Labute approximate surface area is 103 Å². The van der Waals surface area contributed by atoms with E-state index in [1.165, 1.54) is 0 Å². The molecule has 3 nitrogen and oxygen atoms in total. The zero-order valence-corrected chi connectivity index (χ0v) is 12.1. The Morgan fingerprint density at radius 1 is 1.19 bits per heavy atom. The third-order valence-corrected chi connectivity index (χ3v) is 3.42. The molecule has 0 bridgehead atoms. The second kappa shape index (κ2) is 4.78. The van der Waals surface area contributed by atoms with Crippen molar-refractivity contribution in [1.29, 1.82) is 0 Å². The Bertz CT molecular complexity index is 331. The van der Waals surface area contributed by atoms with Gasteiger partial charge in [0.05, 0.1) is 12.2 Å². The van der Waals surface area contributed by atoms with Gasteiger partial charge in [-0.15, -0.1) is 5.10 Å². The lowest BCUT2D eigenvalue weighted by Gasteiger charge is -2.17. The molecule has 0 unspecified atom stereocenters. The standard InChI is InChI=1S/C12H23N3S/c1-11(2,3)10-9-15(14-13-10)7-8-16-12(4,5)6/h9H,7-8H2,1-6H3. The minimum absolute atomic E-state index is 0.0927. The molecule has 0 saturated heterocycles. The van der Waals surface area contributed by atoms with Crippen molar-refractivity contribution in [1.82, 2.24) is 15.0 Å². The van der Waals surface area contributed by atoms with Gasteiger partial charge in [0.15, 0.2) is 0 Å². The molecule has 0 aliphatic rings. The molecule has 0 aliphatic carbocycles. The molecule has 0 aliphatic heterocycles. The highest BCUT2D eigenvalue weighted by Crippen LogP contribution is 2.23. The number of hydrogen-bond donors (Lipinski definition) is 0. The first kappa shape index (κ1) is 13.6. The highest BCUT2D eigenvalue weighted by molar-refractivity contribution is 8.00. The number of hydrogen-bond acceptors (Lipinski definition) is 3. The van der Waals surface area contributed by atoms with Crippen LogP contribution >= 0.6 is 11.8 Å². The summed E-state index contributed by atoms with van der Waals surface area (Å²) in [5.74, 6) is 1.08. The molecule has 0 aromatic carbocycles. The number of aromatic nitrogens is 3. The second-order valence-electron chi connectivity index (χ2n) is 6.08. The number of thioether (sulfide) groups is 1. The van der Waals surface area contributed by atoms with Crippen LogP contribution in [0.4, 0.5) is 0 Å². The molecule has 92 valence electrons. The van der Waals surface area contributed by atoms with Crippen molar-refractivity contribution < 1.29 is 0 Å². The lowest BCUT2D eigenvalue weighted by Crippen LogP contribution is -2.12. The highest BCUT2D eigenvalue weighted by atomic mass is 32.2. The minimum atomic E-state index is 0.0927. The number of nitrogens with zero attached hydrogens (tertiary/aromatic N) is 3. The first-order valence-corrected chi connectivity index (χ1v) is 6.72. The fourth-order valence-corrected chi connectivity index (χ4v) is 2.09. The van der Waals surface area contributed by atoms with Crippen LogP contribution in [-0.4, -0.2) is 25.5 Å². The smallest absolute Gasteiger partial charge is 0.0880 e. The van der Waals surface area contributed by atoms with Crippen LogP contribution < -0.4 is 0 Å². The van der Waals surface area contributed by atoms with Crippen LogP contribution in [0.1, 0.15) is 47.2 Å². The monoisotopic (exact) mass is 241 g/mol. The average Bonchev–Trinajstić information content (AvgIpc) is 2.49. The first-order valence-electron chi connectivity index (χ1n) is 5.73. The fraction of sp³-hybridized carbons (Fsp3) is 0.833. The Kier molecular flexibility index (Phi) is 4.05. The van der Waals surface area contributed by atoms with Gasteiger partial charge in [0.25, 0.3) is 0 Å². The predicted octanol–water partition coefficient (Wildman–Crippen LogP) is 3.11. The van der Waals surface area contributed by atoms with Crippen molar-refractivity contribution in [3.63, 3.8) is 0 Å². The normalized spacial score (nSPS) is 13.1. The molecule has 16 heavy (non-hydrogen) atoms. The van der Waals surface area contributed by atoms with E-state index in [2.05, 4.69) is 58.1 Å². The molecule has 0 amide bonds. The Morgan fingerprint density at radius 2 is 1.81 bits per heavy atom. The lowest BCUT2D eigenvalue weighted by atomic mass is 9.93. The maximum Gasteiger partial charge on any atom is 0.0880 e. The van der Waals surface area contributed by atoms with Gasteiger partial charge in [-0.1, -0.05) is 46.8 Å². The summed E-state index contributed by atoms with van der Waals surface area (Å²) < 4.78 is 2.27. The van der Waals surface area contributed by atoms with Gasteiger partial charge in [-0.2, -0.15) is 11.8 Å². The van der Waals surface area contributed by atoms with Crippen molar-refractivity contribution in [2.45, 2.75) is 58.2 Å². The predicted molar refractivity (Wildman–Crippen MR) is 70.9 cm³/mol. The average molecular weight is 241 g/mol. The quantitative estimate of drug-likeness (QED) is 0.814. The summed E-state index contributed by atoms with van der Waals surface area (Å²) in [6.45, 7) is 14.1. The maximum absolute atomic E-state index is 4.21. The zero-order valence-electron chi connectivity index (χ0n) is 11.2. The van der Waals surface area contributed by atoms with Crippen molar-refractivity contribution >= 4 is 11.8 Å². The summed E-state index contributed by atoms with van der Waals surface area (Å²) in [6, 6.07) is 0. The van der Waals surface area contributed by atoms with E-state index in [9.17, 15) is 0 Å². The summed E-state index contributed by atoms with van der Waals surface area (Å²) >= 11 is 1.96. The van der Waals surface area contributed by atoms with E-state index in [0.29, 0.717) is 4.75 Å². The Balaban J connectivity index is 2.48. The van der Waals surface area contributed by atoms with E-state index in [1.807, 2.05) is 16.4 Å². The van der Waals surface area contributed by atoms with Crippen LogP contribution in [0, 0.1) is 0 Å². The first-order chi connectivity index (χ1) is 7.18. The Morgan fingerprint density at radius 3 is 2.25 bits per heavy atom. The van der Waals surface area contributed by atoms with Gasteiger partial charge < -0.3 is 0 Å².